The molecule has 1 unspecified atom stereocenters. The fourth-order valence-corrected chi connectivity index (χ4v) is 3.14. The molecule has 1 aliphatic rings. The first kappa shape index (κ1) is 25.0. The Labute approximate surface area is 186 Å². The lowest BCUT2D eigenvalue weighted by Gasteiger charge is -2.27. The van der Waals surface area contributed by atoms with E-state index in [2.05, 4.69) is 41.6 Å². The normalized spacial score (nSPS) is 19.4. The number of nitrogens with zero attached hydrogens (tertiary/aromatic N) is 1. The second-order valence-electron chi connectivity index (χ2n) is 7.73. The lowest BCUT2D eigenvalue weighted by molar-refractivity contribution is 0.127. The fraction of sp³-hybridized carbons (Fsp3) is 0.667. The molecular formula is C21H36IN3O3. The minimum absolute atomic E-state index is 0. The van der Waals surface area contributed by atoms with Crippen LogP contribution in [-0.4, -0.2) is 57.6 Å². The first-order valence-electron chi connectivity index (χ1n) is 9.92. The van der Waals surface area contributed by atoms with Gasteiger partial charge in [0.15, 0.2) is 5.96 Å². The largest absolute Gasteiger partial charge is 0.493 e. The number of benzene rings is 1. The summed E-state index contributed by atoms with van der Waals surface area (Å²) >= 11 is 0. The number of hydrogen-bond acceptors (Lipinski definition) is 4. The predicted molar refractivity (Wildman–Crippen MR) is 125 cm³/mol. The van der Waals surface area contributed by atoms with E-state index in [0.29, 0.717) is 12.5 Å². The van der Waals surface area contributed by atoms with Gasteiger partial charge in [0.05, 0.1) is 13.2 Å². The van der Waals surface area contributed by atoms with Crippen LogP contribution in [0.25, 0.3) is 0 Å². The van der Waals surface area contributed by atoms with E-state index in [4.69, 9.17) is 9.47 Å². The fourth-order valence-electron chi connectivity index (χ4n) is 3.14. The molecule has 0 amide bonds. The van der Waals surface area contributed by atoms with Gasteiger partial charge in [0.2, 0.25) is 0 Å². The summed E-state index contributed by atoms with van der Waals surface area (Å²) < 4.78 is 11.3. The molecule has 6 nitrogen and oxygen atoms in total. The smallest absolute Gasteiger partial charge is 0.191 e. The Hall–Kier alpha value is -1.06. The van der Waals surface area contributed by atoms with Gasteiger partial charge in [-0.1, -0.05) is 26.0 Å². The highest BCUT2D eigenvalue weighted by Crippen LogP contribution is 2.31. The molecule has 1 aromatic carbocycles. The summed E-state index contributed by atoms with van der Waals surface area (Å²) in [5.74, 6) is 2.24. The number of halogens is 1. The monoisotopic (exact) mass is 505 g/mol. The molecule has 1 fully saturated rings. The number of nitrogens with one attached hydrogen (secondary N) is 2. The minimum Gasteiger partial charge on any atom is -0.493 e. The first-order valence-corrected chi connectivity index (χ1v) is 9.92. The van der Waals surface area contributed by atoms with E-state index >= 15 is 0 Å². The van der Waals surface area contributed by atoms with Gasteiger partial charge in [-0.15, -0.1) is 24.0 Å². The Kier molecular flexibility index (Phi) is 11.8. The van der Waals surface area contributed by atoms with Crippen molar-refractivity contribution in [3.05, 3.63) is 29.8 Å². The average molecular weight is 505 g/mol. The van der Waals surface area contributed by atoms with Gasteiger partial charge < -0.3 is 25.2 Å². The molecule has 0 aliphatic carbocycles. The molecule has 28 heavy (non-hydrogen) atoms. The molecular weight excluding hydrogens is 469 g/mol. The molecule has 2 rings (SSSR count). The third kappa shape index (κ3) is 8.53. The zero-order chi connectivity index (χ0) is 19.5. The lowest BCUT2D eigenvalue weighted by Crippen LogP contribution is -2.45. The number of guanidine groups is 1. The Morgan fingerprint density at radius 1 is 1.29 bits per heavy atom. The number of aliphatic hydroxyl groups excluding tert-OH is 1. The number of aliphatic hydroxyl groups is 1. The third-order valence-corrected chi connectivity index (χ3v) is 4.89. The van der Waals surface area contributed by atoms with Crippen LogP contribution in [0.5, 0.6) is 5.75 Å². The first-order chi connectivity index (χ1) is 13.1. The van der Waals surface area contributed by atoms with E-state index in [1.54, 1.807) is 7.05 Å². The van der Waals surface area contributed by atoms with Crippen LogP contribution in [-0.2, 0) is 11.2 Å². The van der Waals surface area contributed by atoms with Crippen LogP contribution in [0.3, 0.4) is 0 Å². The van der Waals surface area contributed by atoms with Crippen molar-refractivity contribution in [3.8, 4) is 5.75 Å². The molecule has 0 saturated carbocycles. The Morgan fingerprint density at radius 3 is 2.61 bits per heavy atom. The van der Waals surface area contributed by atoms with Crippen LogP contribution < -0.4 is 15.4 Å². The molecule has 0 spiro atoms. The maximum absolute atomic E-state index is 9.32. The van der Waals surface area contributed by atoms with E-state index in [0.717, 1.165) is 57.3 Å². The van der Waals surface area contributed by atoms with Crippen molar-refractivity contribution in [1.29, 1.82) is 0 Å². The number of hydrogen-bond donors (Lipinski definition) is 3. The molecule has 7 heteroatoms. The zero-order valence-electron chi connectivity index (χ0n) is 17.4. The number of aliphatic imine (C=N–C) groups is 1. The van der Waals surface area contributed by atoms with Gasteiger partial charge in [0.1, 0.15) is 5.75 Å². The number of ether oxygens (including phenoxy) is 2. The second kappa shape index (κ2) is 13.2. The van der Waals surface area contributed by atoms with Crippen molar-refractivity contribution < 1.29 is 14.6 Å². The van der Waals surface area contributed by atoms with E-state index in [-0.39, 0.29) is 36.0 Å². The minimum atomic E-state index is 0. The Morgan fingerprint density at radius 2 is 2.04 bits per heavy atom. The quantitative estimate of drug-likeness (QED) is 0.259. The Bertz CT molecular complexity index is 573. The van der Waals surface area contributed by atoms with Crippen LogP contribution in [0, 0.1) is 11.3 Å². The molecule has 1 aliphatic heterocycles. The van der Waals surface area contributed by atoms with E-state index in [1.165, 1.54) is 5.56 Å². The average Bonchev–Trinajstić information content (AvgIpc) is 3.13. The third-order valence-electron chi connectivity index (χ3n) is 4.89. The van der Waals surface area contributed by atoms with E-state index in [9.17, 15) is 5.11 Å². The highest BCUT2D eigenvalue weighted by molar-refractivity contribution is 14.0. The maximum Gasteiger partial charge on any atom is 0.191 e. The van der Waals surface area contributed by atoms with E-state index < -0.39 is 0 Å². The molecule has 160 valence electrons. The van der Waals surface area contributed by atoms with Gasteiger partial charge in [0, 0.05) is 38.8 Å². The molecule has 3 N–H and O–H groups in total. The van der Waals surface area contributed by atoms with Crippen molar-refractivity contribution >= 4 is 29.9 Å². The van der Waals surface area contributed by atoms with Crippen LogP contribution in [0.2, 0.25) is 0 Å². The van der Waals surface area contributed by atoms with Crippen molar-refractivity contribution in [3.63, 3.8) is 0 Å². The Balaban J connectivity index is 0.00000392. The molecule has 0 aromatic heterocycles. The van der Waals surface area contributed by atoms with Gasteiger partial charge >= 0.3 is 0 Å². The van der Waals surface area contributed by atoms with Crippen LogP contribution in [0.1, 0.15) is 32.3 Å². The summed E-state index contributed by atoms with van der Waals surface area (Å²) in [6, 6.07) is 8.28. The van der Waals surface area contributed by atoms with Gasteiger partial charge in [-0.25, -0.2) is 0 Å². The van der Waals surface area contributed by atoms with Crippen molar-refractivity contribution in [2.45, 2.75) is 33.1 Å². The highest BCUT2D eigenvalue weighted by atomic mass is 127. The molecule has 1 aromatic rings. The topological polar surface area (TPSA) is 75.1 Å². The SMILES string of the molecule is CN=C(NCCc1ccc(OCC(C)C)cc1)NCC1(CCO)CCOC1.I. The summed E-state index contributed by atoms with van der Waals surface area (Å²) in [6.45, 7) is 8.25. The van der Waals surface area contributed by atoms with Gasteiger partial charge in [-0.2, -0.15) is 0 Å². The highest BCUT2D eigenvalue weighted by Gasteiger charge is 2.34. The van der Waals surface area contributed by atoms with Crippen molar-refractivity contribution in [1.82, 2.24) is 10.6 Å². The molecule has 0 radical (unpaired) electrons. The molecule has 1 heterocycles. The molecule has 1 saturated heterocycles. The molecule has 0 bridgehead atoms. The van der Waals surface area contributed by atoms with Crippen LogP contribution in [0.15, 0.2) is 29.3 Å². The summed E-state index contributed by atoms with van der Waals surface area (Å²) in [6.07, 6.45) is 2.64. The summed E-state index contributed by atoms with van der Waals surface area (Å²) in [5, 5.41) is 16.1. The van der Waals surface area contributed by atoms with Crippen molar-refractivity contribution in [2.75, 3.05) is 46.6 Å². The maximum atomic E-state index is 9.32. The van der Waals surface area contributed by atoms with Crippen LogP contribution in [0.4, 0.5) is 0 Å². The zero-order valence-corrected chi connectivity index (χ0v) is 19.7. The number of rotatable bonds is 10. The summed E-state index contributed by atoms with van der Waals surface area (Å²) in [4.78, 5) is 4.30. The van der Waals surface area contributed by atoms with Crippen molar-refractivity contribution in [2.24, 2.45) is 16.3 Å². The summed E-state index contributed by atoms with van der Waals surface area (Å²) in [5.41, 5.74) is 1.27. The predicted octanol–water partition coefficient (Wildman–Crippen LogP) is 2.84. The van der Waals surface area contributed by atoms with E-state index in [1.807, 2.05) is 12.1 Å². The van der Waals surface area contributed by atoms with Gasteiger partial charge in [-0.05, 0) is 42.9 Å². The standard InChI is InChI=1S/C21H35N3O3.HI/c1-17(2)14-27-19-6-4-18(5-7-19)8-11-23-20(22-3)24-15-21(9-12-25)10-13-26-16-21;/h4-7,17,25H,8-16H2,1-3H3,(H2,22,23,24);1H. The van der Waals surface area contributed by atoms with Gasteiger partial charge in [-0.3, -0.25) is 4.99 Å². The van der Waals surface area contributed by atoms with Crippen LogP contribution >= 0.6 is 24.0 Å². The van der Waals surface area contributed by atoms with Gasteiger partial charge in [0.25, 0.3) is 0 Å². The summed E-state index contributed by atoms with van der Waals surface area (Å²) in [7, 11) is 1.78. The second-order valence-corrected chi connectivity index (χ2v) is 7.73. The molecule has 1 atom stereocenters. The lowest BCUT2D eigenvalue weighted by atomic mass is 9.84.